The Balaban J connectivity index is 2.22. The van der Waals surface area contributed by atoms with Crippen LogP contribution < -0.4 is 10.2 Å². The molecule has 0 bridgehead atoms. The van der Waals surface area contributed by atoms with Gasteiger partial charge in [-0.3, -0.25) is 14.9 Å². The van der Waals surface area contributed by atoms with Gasteiger partial charge in [0.2, 0.25) is 11.8 Å². The van der Waals surface area contributed by atoms with Crippen LogP contribution in [0, 0.1) is 0 Å². The Labute approximate surface area is 122 Å². The third-order valence-electron chi connectivity index (χ3n) is 3.20. The maximum atomic E-state index is 11.8. The number of nitrogens with zero attached hydrogens (tertiary/aromatic N) is 2. The second-order valence-corrected chi connectivity index (χ2v) is 4.59. The van der Waals surface area contributed by atoms with E-state index in [2.05, 4.69) is 10.3 Å². The van der Waals surface area contributed by atoms with E-state index in [4.69, 9.17) is 4.74 Å². The highest BCUT2D eigenvalue weighted by atomic mass is 16.5. The fourth-order valence-electron chi connectivity index (χ4n) is 2.20. The van der Waals surface area contributed by atoms with Crippen LogP contribution in [0.4, 0.5) is 5.82 Å². The number of anilines is 1. The number of ether oxygens (including phenoxy) is 1. The second-order valence-electron chi connectivity index (χ2n) is 4.59. The van der Waals surface area contributed by atoms with E-state index < -0.39 is 12.0 Å². The average molecular weight is 291 g/mol. The van der Waals surface area contributed by atoms with Crippen LogP contribution in [0.25, 0.3) is 0 Å². The average Bonchev–Trinajstić information content (AvgIpc) is 2.47. The summed E-state index contributed by atoms with van der Waals surface area (Å²) in [5.41, 5.74) is 0.335. The molecule has 112 valence electrons. The fourth-order valence-corrected chi connectivity index (χ4v) is 2.20. The summed E-state index contributed by atoms with van der Waals surface area (Å²) in [5.74, 6) is -0.653. The topological polar surface area (TPSA) is 88.6 Å². The summed E-state index contributed by atoms with van der Waals surface area (Å²) in [6, 6.07) is 2.74. The molecule has 2 amide bonds. The summed E-state index contributed by atoms with van der Waals surface area (Å²) in [4.78, 5) is 40.7. The van der Waals surface area contributed by atoms with Gasteiger partial charge in [0, 0.05) is 6.20 Å². The number of carbonyl (C=O) groups excluding carboxylic acids is 3. The third kappa shape index (κ3) is 3.18. The number of aromatic nitrogens is 1. The Bertz CT molecular complexity index is 556. The Morgan fingerprint density at radius 3 is 2.76 bits per heavy atom. The molecule has 1 aliphatic rings. The standard InChI is InChI=1S/C14H17N3O4/c1-3-10-13(19)16-12(18)8-17(10)11-6-5-9(7-15-11)14(20)21-4-2/h5-7,10H,3-4,8H2,1-2H3,(H,16,18,19). The largest absolute Gasteiger partial charge is 0.462 e. The van der Waals surface area contributed by atoms with Crippen molar-refractivity contribution in [1.82, 2.24) is 10.3 Å². The molecule has 2 heterocycles. The highest BCUT2D eigenvalue weighted by Crippen LogP contribution is 2.19. The van der Waals surface area contributed by atoms with Gasteiger partial charge in [-0.15, -0.1) is 0 Å². The summed E-state index contributed by atoms with van der Waals surface area (Å²) >= 11 is 0. The number of rotatable bonds is 4. The zero-order valence-electron chi connectivity index (χ0n) is 12.0. The van der Waals surface area contributed by atoms with Crippen LogP contribution in [0.2, 0.25) is 0 Å². The quantitative estimate of drug-likeness (QED) is 0.642. The smallest absolute Gasteiger partial charge is 0.339 e. The summed E-state index contributed by atoms with van der Waals surface area (Å²) in [5, 5.41) is 2.30. The van der Waals surface area contributed by atoms with E-state index in [-0.39, 0.29) is 18.4 Å². The molecule has 7 nitrogen and oxygen atoms in total. The van der Waals surface area contributed by atoms with Crippen LogP contribution in [-0.2, 0) is 14.3 Å². The van der Waals surface area contributed by atoms with Crippen LogP contribution in [0.5, 0.6) is 0 Å². The van der Waals surface area contributed by atoms with Crippen LogP contribution in [0.1, 0.15) is 30.6 Å². The first-order chi connectivity index (χ1) is 10.1. The minimum Gasteiger partial charge on any atom is -0.462 e. The molecule has 1 N–H and O–H groups in total. The lowest BCUT2D eigenvalue weighted by atomic mass is 10.1. The first kappa shape index (κ1) is 15.0. The highest BCUT2D eigenvalue weighted by molar-refractivity contribution is 6.04. The van der Waals surface area contributed by atoms with Crippen molar-refractivity contribution in [2.45, 2.75) is 26.3 Å². The number of amides is 2. The number of piperazine rings is 1. The van der Waals surface area contributed by atoms with Crippen molar-refractivity contribution in [2.75, 3.05) is 18.1 Å². The summed E-state index contributed by atoms with van der Waals surface area (Å²) in [6.07, 6.45) is 1.94. The van der Waals surface area contributed by atoms with Crippen LogP contribution in [0.3, 0.4) is 0 Å². The zero-order chi connectivity index (χ0) is 15.4. The number of hydrogen-bond acceptors (Lipinski definition) is 6. The molecule has 1 unspecified atom stereocenters. The summed E-state index contributed by atoms with van der Waals surface area (Å²) < 4.78 is 4.88. The lowest BCUT2D eigenvalue weighted by Crippen LogP contribution is -2.58. The van der Waals surface area contributed by atoms with Crippen molar-refractivity contribution >= 4 is 23.6 Å². The molecular weight excluding hydrogens is 274 g/mol. The lowest BCUT2D eigenvalue weighted by molar-refractivity contribution is -0.132. The van der Waals surface area contributed by atoms with Gasteiger partial charge in [-0.25, -0.2) is 9.78 Å². The number of pyridine rings is 1. The predicted octanol–water partition coefficient (Wildman–Crippen LogP) is 0.500. The molecule has 0 aliphatic carbocycles. The predicted molar refractivity (Wildman–Crippen MR) is 74.8 cm³/mol. The molecule has 1 fully saturated rings. The summed E-state index contributed by atoms with van der Waals surface area (Å²) in [7, 11) is 0. The molecule has 1 atom stereocenters. The Morgan fingerprint density at radius 2 is 2.19 bits per heavy atom. The SMILES string of the molecule is CCOC(=O)c1ccc(N2CC(=O)NC(=O)C2CC)nc1. The maximum Gasteiger partial charge on any atom is 0.339 e. The molecule has 0 spiro atoms. The van der Waals surface area contributed by atoms with E-state index in [0.717, 1.165) is 0 Å². The number of carbonyl (C=O) groups is 3. The van der Waals surface area contributed by atoms with Crippen LogP contribution in [0.15, 0.2) is 18.3 Å². The number of esters is 1. The molecule has 0 radical (unpaired) electrons. The maximum absolute atomic E-state index is 11.8. The molecule has 1 aromatic heterocycles. The molecule has 0 aromatic carbocycles. The zero-order valence-corrected chi connectivity index (χ0v) is 12.0. The first-order valence-electron chi connectivity index (χ1n) is 6.80. The summed E-state index contributed by atoms with van der Waals surface area (Å²) in [6.45, 7) is 3.94. The minimum atomic E-state index is -0.448. The molecule has 21 heavy (non-hydrogen) atoms. The molecule has 0 saturated carbocycles. The molecule has 1 saturated heterocycles. The first-order valence-corrected chi connectivity index (χ1v) is 6.80. The van der Waals surface area contributed by atoms with Crippen LogP contribution in [-0.4, -0.2) is 42.0 Å². The van der Waals surface area contributed by atoms with E-state index in [9.17, 15) is 14.4 Å². The minimum absolute atomic E-state index is 0.0655. The number of nitrogens with one attached hydrogen (secondary N) is 1. The fraction of sp³-hybridized carbons (Fsp3) is 0.429. The van der Waals surface area contributed by atoms with E-state index in [0.29, 0.717) is 24.4 Å². The third-order valence-corrected chi connectivity index (χ3v) is 3.20. The van der Waals surface area contributed by atoms with Gasteiger partial charge in [-0.2, -0.15) is 0 Å². The Kier molecular flexibility index (Phi) is 4.52. The van der Waals surface area contributed by atoms with Gasteiger partial charge in [0.25, 0.3) is 0 Å². The lowest BCUT2D eigenvalue weighted by Gasteiger charge is -2.34. The van der Waals surface area contributed by atoms with Crippen molar-refractivity contribution in [3.05, 3.63) is 23.9 Å². The van der Waals surface area contributed by atoms with E-state index in [1.165, 1.54) is 6.20 Å². The van der Waals surface area contributed by atoms with Gasteiger partial charge in [0.1, 0.15) is 11.9 Å². The molecular formula is C14H17N3O4. The van der Waals surface area contributed by atoms with Crippen LogP contribution >= 0.6 is 0 Å². The van der Waals surface area contributed by atoms with Crippen molar-refractivity contribution in [3.8, 4) is 0 Å². The molecule has 2 rings (SSSR count). The number of hydrogen-bond donors (Lipinski definition) is 1. The van der Waals surface area contributed by atoms with Crippen molar-refractivity contribution < 1.29 is 19.1 Å². The van der Waals surface area contributed by atoms with E-state index in [1.54, 1.807) is 24.0 Å². The van der Waals surface area contributed by atoms with E-state index in [1.807, 2.05) is 6.92 Å². The van der Waals surface area contributed by atoms with Gasteiger partial charge >= 0.3 is 5.97 Å². The van der Waals surface area contributed by atoms with Crippen molar-refractivity contribution in [3.63, 3.8) is 0 Å². The van der Waals surface area contributed by atoms with Gasteiger partial charge < -0.3 is 9.64 Å². The molecule has 1 aliphatic heterocycles. The Hall–Kier alpha value is -2.44. The normalized spacial score (nSPS) is 18.4. The van der Waals surface area contributed by atoms with Gasteiger partial charge in [0.05, 0.1) is 18.7 Å². The highest BCUT2D eigenvalue weighted by Gasteiger charge is 2.33. The van der Waals surface area contributed by atoms with Gasteiger partial charge in [-0.1, -0.05) is 6.92 Å². The monoisotopic (exact) mass is 291 g/mol. The number of imide groups is 1. The van der Waals surface area contributed by atoms with Gasteiger partial charge in [-0.05, 0) is 25.5 Å². The van der Waals surface area contributed by atoms with Gasteiger partial charge in [0.15, 0.2) is 0 Å². The second kappa shape index (κ2) is 6.34. The molecule has 1 aromatic rings. The Morgan fingerprint density at radius 1 is 1.43 bits per heavy atom. The van der Waals surface area contributed by atoms with Crippen molar-refractivity contribution in [2.24, 2.45) is 0 Å². The van der Waals surface area contributed by atoms with Crippen molar-refractivity contribution in [1.29, 1.82) is 0 Å². The van der Waals surface area contributed by atoms with E-state index >= 15 is 0 Å². The molecule has 7 heteroatoms.